The standard InChI is InChI=1S/C22H29BrO3/c1-13-5-6-19-21(2,3)20(23)7-8-22(19,4)16(13)9-14-10-18(26)15(12-24)11-17(14)25/h10-12,16,19-20,25-26H,1,5-9H2,2-4H3/t16-,19-,20+,22-/m0/s1. The van der Waals surface area contributed by atoms with Crippen molar-refractivity contribution in [2.45, 2.75) is 57.7 Å². The third-order valence-electron chi connectivity index (χ3n) is 7.26. The summed E-state index contributed by atoms with van der Waals surface area (Å²) in [6.07, 6.45) is 5.63. The fourth-order valence-electron chi connectivity index (χ4n) is 5.63. The highest BCUT2D eigenvalue weighted by atomic mass is 79.9. The molecule has 3 nitrogen and oxygen atoms in total. The summed E-state index contributed by atoms with van der Waals surface area (Å²) in [5.41, 5.74) is 2.39. The molecule has 2 fully saturated rings. The Morgan fingerprint density at radius 3 is 2.58 bits per heavy atom. The van der Waals surface area contributed by atoms with Gasteiger partial charge in [0.1, 0.15) is 11.5 Å². The number of alkyl halides is 1. The number of phenols is 2. The highest BCUT2D eigenvalue weighted by Crippen LogP contribution is 2.62. The van der Waals surface area contributed by atoms with Crippen molar-refractivity contribution in [3.63, 3.8) is 0 Å². The van der Waals surface area contributed by atoms with E-state index in [2.05, 4.69) is 43.3 Å². The van der Waals surface area contributed by atoms with Gasteiger partial charge in [0, 0.05) is 4.83 Å². The van der Waals surface area contributed by atoms with Gasteiger partial charge in [-0.15, -0.1) is 0 Å². The Labute approximate surface area is 164 Å². The maximum absolute atomic E-state index is 11.0. The number of carbonyl (C=O) groups is 1. The molecule has 2 saturated carbocycles. The number of phenolic OH excluding ortho intramolecular Hbond substituents is 2. The number of rotatable bonds is 3. The molecule has 4 atom stereocenters. The second kappa shape index (κ2) is 6.70. The first kappa shape index (κ1) is 19.5. The smallest absolute Gasteiger partial charge is 0.153 e. The number of benzene rings is 1. The van der Waals surface area contributed by atoms with Crippen LogP contribution in [-0.2, 0) is 6.42 Å². The van der Waals surface area contributed by atoms with E-state index in [0.717, 1.165) is 25.7 Å². The molecule has 0 amide bonds. The van der Waals surface area contributed by atoms with Crippen LogP contribution < -0.4 is 0 Å². The Morgan fingerprint density at radius 1 is 1.23 bits per heavy atom. The van der Waals surface area contributed by atoms with Crippen LogP contribution in [0.2, 0.25) is 0 Å². The van der Waals surface area contributed by atoms with Gasteiger partial charge in [-0.2, -0.15) is 0 Å². The quantitative estimate of drug-likeness (QED) is 0.288. The second-order valence-corrected chi connectivity index (χ2v) is 10.1. The monoisotopic (exact) mass is 420 g/mol. The third kappa shape index (κ3) is 3.00. The molecule has 0 radical (unpaired) electrons. The summed E-state index contributed by atoms with van der Waals surface area (Å²) < 4.78 is 0. The lowest BCUT2D eigenvalue weighted by molar-refractivity contribution is -0.0461. The van der Waals surface area contributed by atoms with Gasteiger partial charge in [0.05, 0.1) is 5.56 Å². The van der Waals surface area contributed by atoms with Crippen LogP contribution in [0.5, 0.6) is 11.5 Å². The van der Waals surface area contributed by atoms with Crippen LogP contribution in [-0.4, -0.2) is 21.3 Å². The van der Waals surface area contributed by atoms with Gasteiger partial charge < -0.3 is 10.2 Å². The average Bonchev–Trinajstić information content (AvgIpc) is 2.57. The molecule has 0 saturated heterocycles. The van der Waals surface area contributed by atoms with E-state index in [-0.39, 0.29) is 33.8 Å². The number of halogens is 1. The minimum atomic E-state index is -0.0691. The van der Waals surface area contributed by atoms with Gasteiger partial charge in [-0.1, -0.05) is 48.9 Å². The molecule has 4 heteroatoms. The minimum absolute atomic E-state index is 0.0691. The van der Waals surface area contributed by atoms with Crippen LogP contribution in [0.25, 0.3) is 0 Å². The van der Waals surface area contributed by atoms with Crippen molar-refractivity contribution < 1.29 is 15.0 Å². The van der Waals surface area contributed by atoms with E-state index in [1.54, 1.807) is 6.07 Å². The molecule has 1 aromatic rings. The van der Waals surface area contributed by atoms with E-state index in [0.29, 0.717) is 29.0 Å². The first-order valence-electron chi connectivity index (χ1n) is 9.43. The zero-order chi connectivity index (χ0) is 19.3. The van der Waals surface area contributed by atoms with Gasteiger partial charge in [0.25, 0.3) is 0 Å². The molecule has 0 unspecified atom stereocenters. The van der Waals surface area contributed by atoms with Crippen molar-refractivity contribution in [2.24, 2.45) is 22.7 Å². The van der Waals surface area contributed by atoms with Crippen molar-refractivity contribution in [1.82, 2.24) is 0 Å². The SMILES string of the molecule is C=C1CC[C@H]2C(C)(C)[C@H](Br)CC[C@@]2(C)[C@H]1Cc1cc(O)c(C=O)cc1O. The number of aldehydes is 1. The first-order valence-corrected chi connectivity index (χ1v) is 10.3. The van der Waals surface area contributed by atoms with E-state index in [4.69, 9.17) is 0 Å². The summed E-state index contributed by atoms with van der Waals surface area (Å²) in [6.45, 7) is 11.5. The fourth-order valence-corrected chi connectivity index (χ4v) is 6.18. The maximum Gasteiger partial charge on any atom is 0.153 e. The highest BCUT2D eigenvalue weighted by molar-refractivity contribution is 9.09. The van der Waals surface area contributed by atoms with E-state index in [1.165, 1.54) is 11.6 Å². The van der Waals surface area contributed by atoms with Crippen LogP contribution in [0.4, 0.5) is 0 Å². The average molecular weight is 421 g/mol. The molecule has 2 aliphatic rings. The van der Waals surface area contributed by atoms with Crippen LogP contribution in [0, 0.1) is 22.7 Å². The van der Waals surface area contributed by atoms with Crippen LogP contribution in [0.15, 0.2) is 24.3 Å². The molecule has 2 aliphatic carbocycles. The van der Waals surface area contributed by atoms with Gasteiger partial charge in [-0.25, -0.2) is 0 Å². The van der Waals surface area contributed by atoms with Crippen LogP contribution >= 0.6 is 15.9 Å². The van der Waals surface area contributed by atoms with Gasteiger partial charge in [0.15, 0.2) is 6.29 Å². The second-order valence-electron chi connectivity index (χ2n) is 9.00. The normalized spacial score (nSPS) is 33.5. The zero-order valence-corrected chi connectivity index (χ0v) is 17.5. The zero-order valence-electron chi connectivity index (χ0n) is 15.9. The molecular formula is C22H29BrO3. The Kier molecular flexibility index (Phi) is 5.02. The summed E-state index contributed by atoms with van der Waals surface area (Å²) in [7, 11) is 0. The molecule has 0 heterocycles. The fraction of sp³-hybridized carbons (Fsp3) is 0.591. The molecule has 0 aromatic heterocycles. The number of fused-ring (bicyclic) bond motifs is 1. The topological polar surface area (TPSA) is 57.5 Å². The highest BCUT2D eigenvalue weighted by Gasteiger charge is 2.55. The van der Waals surface area contributed by atoms with Crippen molar-refractivity contribution in [3.8, 4) is 11.5 Å². The molecule has 0 aliphatic heterocycles. The Balaban J connectivity index is 1.97. The number of hydrogen-bond acceptors (Lipinski definition) is 3. The predicted molar refractivity (Wildman–Crippen MR) is 108 cm³/mol. The molecule has 26 heavy (non-hydrogen) atoms. The molecule has 2 N–H and O–H groups in total. The first-order chi connectivity index (χ1) is 12.1. The molecule has 142 valence electrons. The number of aromatic hydroxyl groups is 2. The summed E-state index contributed by atoms with van der Waals surface area (Å²) in [5.74, 6) is 0.846. The molecular weight excluding hydrogens is 392 g/mol. The molecule has 3 rings (SSSR count). The van der Waals surface area contributed by atoms with Crippen LogP contribution in [0.1, 0.15) is 62.4 Å². The molecule has 0 spiro atoms. The Hall–Kier alpha value is -1.29. The largest absolute Gasteiger partial charge is 0.508 e. The summed E-state index contributed by atoms with van der Waals surface area (Å²) in [4.78, 5) is 11.5. The number of carbonyl (C=O) groups excluding carboxylic acids is 1. The van der Waals surface area contributed by atoms with E-state index < -0.39 is 0 Å². The predicted octanol–water partition coefficient (Wildman–Crippen LogP) is 5.63. The number of hydrogen-bond donors (Lipinski definition) is 2. The van der Waals surface area contributed by atoms with Crippen LogP contribution in [0.3, 0.4) is 0 Å². The van der Waals surface area contributed by atoms with Gasteiger partial charge >= 0.3 is 0 Å². The van der Waals surface area contributed by atoms with Crippen molar-refractivity contribution >= 4 is 22.2 Å². The Bertz CT molecular complexity index is 739. The molecule has 0 bridgehead atoms. The van der Waals surface area contributed by atoms with Crippen molar-refractivity contribution in [1.29, 1.82) is 0 Å². The van der Waals surface area contributed by atoms with Gasteiger partial charge in [0.2, 0.25) is 0 Å². The van der Waals surface area contributed by atoms with E-state index in [1.807, 2.05) is 0 Å². The van der Waals surface area contributed by atoms with Crippen molar-refractivity contribution in [3.05, 3.63) is 35.4 Å². The lowest BCUT2D eigenvalue weighted by Gasteiger charge is -2.59. The van der Waals surface area contributed by atoms with Crippen molar-refractivity contribution in [2.75, 3.05) is 0 Å². The van der Waals surface area contributed by atoms with E-state index in [9.17, 15) is 15.0 Å². The van der Waals surface area contributed by atoms with Gasteiger partial charge in [-0.3, -0.25) is 4.79 Å². The van der Waals surface area contributed by atoms with Gasteiger partial charge in [-0.05, 0) is 72.5 Å². The molecule has 1 aromatic carbocycles. The van der Waals surface area contributed by atoms with E-state index >= 15 is 0 Å². The summed E-state index contributed by atoms with van der Waals surface area (Å²) in [5, 5.41) is 20.4. The lowest BCUT2D eigenvalue weighted by atomic mass is 9.47. The summed E-state index contributed by atoms with van der Waals surface area (Å²) in [6, 6.07) is 2.91. The lowest BCUT2D eigenvalue weighted by Crippen LogP contribution is -2.53. The summed E-state index contributed by atoms with van der Waals surface area (Å²) >= 11 is 3.91. The number of allylic oxidation sites excluding steroid dienone is 1. The third-order valence-corrected chi connectivity index (χ3v) is 8.90. The maximum atomic E-state index is 11.0. The Morgan fingerprint density at radius 2 is 1.92 bits per heavy atom. The minimum Gasteiger partial charge on any atom is -0.508 e.